The number of fused-ring (bicyclic) bond motifs is 6. The Morgan fingerprint density at radius 1 is 0.353 bits per heavy atom. The summed E-state index contributed by atoms with van der Waals surface area (Å²) < 4.78 is 5.81. The van der Waals surface area contributed by atoms with Gasteiger partial charge in [0.1, 0.15) is 0 Å². The predicted octanol–water partition coefficient (Wildman–Crippen LogP) is 10.2. The summed E-state index contributed by atoms with van der Waals surface area (Å²) in [5.74, 6) is 0. The minimum atomic E-state index is 1.03. The van der Waals surface area contributed by atoms with Crippen molar-refractivity contribution < 1.29 is 0 Å². The minimum absolute atomic E-state index is 1.03. The van der Waals surface area contributed by atoms with Crippen LogP contribution in [0.4, 0.5) is 0 Å². The molecular weight excluding hydrogens is 687 g/mol. The topological polar surface area (TPSA) is 35.6 Å². The van der Waals surface area contributed by atoms with E-state index < -0.39 is 0 Å². The summed E-state index contributed by atoms with van der Waals surface area (Å²) in [5.41, 5.74) is 13.6. The molecule has 0 radical (unpaired) electrons. The molecule has 0 aliphatic rings. The molecule has 0 bridgehead atoms. The monoisotopic (exact) mass is 718 g/mol. The van der Waals surface area contributed by atoms with Crippen molar-refractivity contribution in [1.82, 2.24) is 19.1 Å². The van der Waals surface area contributed by atoms with Gasteiger partial charge >= 0.3 is 286 Å². The number of aromatic nitrogens is 4. The molecule has 10 rings (SSSR count). The van der Waals surface area contributed by atoms with Crippen molar-refractivity contribution in [2.45, 2.75) is 0 Å². The third-order valence-electron chi connectivity index (χ3n) is 9.99. The molecule has 240 valence electrons. The number of nitrogens with zero attached hydrogens (tertiary/aromatic N) is 4. The Hall–Kier alpha value is -6.26. The van der Waals surface area contributed by atoms with Crippen LogP contribution in [0.25, 0.3) is 88.4 Å². The maximum absolute atomic E-state index is 4.76. The van der Waals surface area contributed by atoms with Crippen LogP contribution in [0.15, 0.2) is 176 Å². The van der Waals surface area contributed by atoms with Crippen LogP contribution in [-0.2, 0) is 0 Å². The Morgan fingerprint density at radius 3 is 1.41 bits per heavy atom. The molecule has 51 heavy (non-hydrogen) atoms. The molecule has 0 saturated carbocycles. The standard InChI is InChI=1S/C46H30N4Se/c51-46-40(31-20-22-45-39(25-31)37-16-8-10-18-43(37)50(45)35-13-5-2-6-14-35)28-48-29-41(46)33-23-32(26-47-27-33)30-19-21-44-38(24-30)36-15-7-9-17-42(36)49(44)34-11-3-1-4-12-34/h1-29H,(H,48,51). The first-order valence-corrected chi connectivity index (χ1v) is 18.0. The first-order valence-electron chi connectivity index (χ1n) is 17.0. The van der Waals surface area contributed by atoms with Crippen molar-refractivity contribution in [3.8, 4) is 44.8 Å². The third-order valence-corrected chi connectivity index (χ3v) is 11.0. The van der Waals surface area contributed by atoms with E-state index in [0.29, 0.717) is 0 Å². The second kappa shape index (κ2) is 12.0. The van der Waals surface area contributed by atoms with Crippen molar-refractivity contribution in [2.24, 2.45) is 0 Å². The molecular formula is C46H30N4Se. The second-order valence-electron chi connectivity index (χ2n) is 12.9. The van der Waals surface area contributed by atoms with E-state index in [-0.39, 0.29) is 0 Å². The number of benzene rings is 6. The van der Waals surface area contributed by atoms with Gasteiger partial charge in [0.2, 0.25) is 0 Å². The zero-order valence-corrected chi connectivity index (χ0v) is 29.4. The fourth-order valence-electron chi connectivity index (χ4n) is 7.62. The molecule has 6 aromatic carbocycles. The van der Waals surface area contributed by atoms with Gasteiger partial charge in [-0.3, -0.25) is 0 Å². The van der Waals surface area contributed by atoms with Crippen LogP contribution in [0.3, 0.4) is 0 Å². The summed E-state index contributed by atoms with van der Waals surface area (Å²) in [7, 11) is 0. The Kier molecular flexibility index (Phi) is 6.95. The molecule has 0 fully saturated rings. The Bertz CT molecular complexity index is 2920. The molecule has 5 heteroatoms. The normalized spacial score (nSPS) is 11.6. The Morgan fingerprint density at radius 2 is 0.804 bits per heavy atom. The van der Waals surface area contributed by atoms with E-state index in [2.05, 4.69) is 177 Å². The van der Waals surface area contributed by atoms with E-state index in [4.69, 9.17) is 9.97 Å². The number of hydrogen-bond donors (Lipinski definition) is 0. The van der Waals surface area contributed by atoms with Gasteiger partial charge in [-0.1, -0.05) is 18.2 Å². The Balaban J connectivity index is 1.07. The molecule has 0 aliphatic heterocycles. The van der Waals surface area contributed by atoms with Gasteiger partial charge in [-0.15, -0.1) is 0 Å². The summed E-state index contributed by atoms with van der Waals surface area (Å²) in [6.45, 7) is 0. The summed E-state index contributed by atoms with van der Waals surface area (Å²) >= 11 is 2.80. The summed E-state index contributed by atoms with van der Waals surface area (Å²) in [6, 6.07) is 54.2. The van der Waals surface area contributed by atoms with Gasteiger partial charge in [-0.05, 0) is 0 Å². The van der Waals surface area contributed by atoms with Crippen LogP contribution in [0.2, 0.25) is 0 Å². The second-order valence-corrected chi connectivity index (χ2v) is 13.8. The molecule has 0 aliphatic carbocycles. The van der Waals surface area contributed by atoms with E-state index >= 15 is 0 Å². The fraction of sp³-hybridized carbons (Fsp3) is 0. The van der Waals surface area contributed by atoms with Gasteiger partial charge < -0.3 is 0 Å². The third kappa shape index (κ3) is 4.82. The molecule has 10 aromatic rings. The number of para-hydroxylation sites is 4. The van der Waals surface area contributed by atoms with Crippen LogP contribution in [0.5, 0.6) is 0 Å². The van der Waals surface area contributed by atoms with E-state index in [1.54, 1.807) is 0 Å². The molecule has 4 nitrogen and oxygen atoms in total. The molecule has 0 spiro atoms. The molecule has 0 amide bonds. The van der Waals surface area contributed by atoms with Crippen LogP contribution in [0.1, 0.15) is 0 Å². The average molecular weight is 718 g/mol. The van der Waals surface area contributed by atoms with Crippen molar-refractivity contribution in [2.75, 3.05) is 0 Å². The van der Waals surface area contributed by atoms with Crippen molar-refractivity contribution >= 4 is 64.1 Å². The quantitative estimate of drug-likeness (QED) is 0.166. The van der Waals surface area contributed by atoms with Gasteiger partial charge in [0.15, 0.2) is 0 Å². The zero-order chi connectivity index (χ0) is 33.9. The van der Waals surface area contributed by atoms with Gasteiger partial charge in [0.25, 0.3) is 0 Å². The van der Waals surface area contributed by atoms with Crippen LogP contribution in [-0.4, -0.2) is 35.1 Å². The van der Waals surface area contributed by atoms with Crippen molar-refractivity contribution in [1.29, 1.82) is 0 Å². The van der Waals surface area contributed by atoms with E-state index in [9.17, 15) is 0 Å². The zero-order valence-electron chi connectivity index (χ0n) is 27.5. The van der Waals surface area contributed by atoms with Crippen LogP contribution in [0, 0.1) is 0 Å². The number of pyridine rings is 2. The van der Waals surface area contributed by atoms with Crippen LogP contribution < -0.4 is 4.46 Å². The van der Waals surface area contributed by atoms with E-state index in [1.807, 2.05) is 24.8 Å². The predicted molar refractivity (Wildman–Crippen MR) is 214 cm³/mol. The average Bonchev–Trinajstić information content (AvgIpc) is 3.71. The van der Waals surface area contributed by atoms with Crippen molar-refractivity contribution in [3.63, 3.8) is 0 Å². The first kappa shape index (κ1) is 29.6. The van der Waals surface area contributed by atoms with E-state index in [1.165, 1.54) is 43.6 Å². The van der Waals surface area contributed by atoms with Gasteiger partial charge in [-0.2, -0.15) is 0 Å². The molecule has 4 aromatic heterocycles. The molecule has 4 heterocycles. The Labute approximate surface area is 303 Å². The van der Waals surface area contributed by atoms with Gasteiger partial charge in [0.05, 0.1) is 0 Å². The molecule has 0 unspecified atom stereocenters. The summed E-state index contributed by atoms with van der Waals surface area (Å²) in [6.07, 6.45) is 7.83. The van der Waals surface area contributed by atoms with Gasteiger partial charge in [-0.25, -0.2) is 0 Å². The maximum atomic E-state index is 4.76. The van der Waals surface area contributed by atoms with E-state index in [0.717, 1.165) is 49.2 Å². The summed E-state index contributed by atoms with van der Waals surface area (Å²) in [5, 5.41) is 4.90. The van der Waals surface area contributed by atoms with Gasteiger partial charge in [0, 0.05) is 0 Å². The molecule has 0 N–H and O–H groups in total. The summed E-state index contributed by atoms with van der Waals surface area (Å²) in [4.78, 5) is 9.50. The first-order chi connectivity index (χ1) is 25.2. The molecule has 0 atom stereocenters. The molecule has 0 saturated heterocycles. The fourth-order valence-corrected chi connectivity index (χ4v) is 8.41. The van der Waals surface area contributed by atoms with Crippen LogP contribution >= 0.6 is 0 Å². The SMILES string of the molecule is [SeH]c1c(-c2cncc(-c3ccc4c(c3)c3ccccc3n4-c3ccccc3)c2)cncc1-c1ccc2c(c1)c1ccccc1n2-c1ccccc1. The van der Waals surface area contributed by atoms with Crippen molar-refractivity contribution in [3.05, 3.63) is 176 Å². The number of rotatable bonds is 5. The number of hydrogen-bond acceptors (Lipinski definition) is 2.